The Kier molecular flexibility index (Phi) is 3.64. The fraction of sp³-hybridized carbons (Fsp3) is 0.308. The molecule has 0 saturated heterocycles. The van der Waals surface area contributed by atoms with Crippen molar-refractivity contribution in [1.29, 1.82) is 0 Å². The molecule has 1 N–H and O–H groups in total. The average Bonchev–Trinajstić information content (AvgIpc) is 2.83. The first kappa shape index (κ1) is 11.9. The number of amides is 2. The first-order valence-electron chi connectivity index (χ1n) is 5.66. The Labute approximate surface area is 105 Å². The van der Waals surface area contributed by atoms with Gasteiger partial charge in [-0.1, -0.05) is 18.2 Å². The number of carbonyl (C=O) groups excluding carboxylic acids is 1. The quantitative estimate of drug-likeness (QED) is 0.889. The molecule has 3 nitrogen and oxygen atoms in total. The van der Waals surface area contributed by atoms with Gasteiger partial charge in [-0.25, -0.2) is 4.79 Å². The predicted octanol–water partition coefficient (Wildman–Crippen LogP) is 3.06. The van der Waals surface area contributed by atoms with E-state index in [9.17, 15) is 4.79 Å². The molecule has 4 heteroatoms. The van der Waals surface area contributed by atoms with Crippen LogP contribution in [0.1, 0.15) is 12.5 Å². The summed E-state index contributed by atoms with van der Waals surface area (Å²) in [6.07, 6.45) is 0. The van der Waals surface area contributed by atoms with E-state index in [1.54, 1.807) is 23.3 Å². The highest BCUT2D eigenvalue weighted by atomic mass is 32.1. The monoisotopic (exact) mass is 248 g/mol. The molecule has 1 heterocycles. The molecule has 0 atom stereocenters. The Morgan fingerprint density at radius 1 is 1.41 bits per heavy atom. The van der Waals surface area contributed by atoms with Gasteiger partial charge in [0.2, 0.25) is 0 Å². The van der Waals surface area contributed by atoms with Crippen LogP contribution in [0.4, 0.5) is 4.79 Å². The topological polar surface area (TPSA) is 32.3 Å². The SMILES string of the molecule is CCN(C)C(=O)NCc1cccc2ccsc12. The van der Waals surface area contributed by atoms with Gasteiger partial charge in [-0.2, -0.15) is 0 Å². The molecule has 17 heavy (non-hydrogen) atoms. The molecule has 1 aromatic heterocycles. The third kappa shape index (κ3) is 2.58. The number of carbonyl (C=O) groups is 1. The number of thiophene rings is 1. The van der Waals surface area contributed by atoms with E-state index in [1.807, 2.05) is 13.0 Å². The largest absolute Gasteiger partial charge is 0.334 e. The van der Waals surface area contributed by atoms with E-state index in [0.29, 0.717) is 6.54 Å². The number of hydrogen-bond donors (Lipinski definition) is 1. The highest BCUT2D eigenvalue weighted by Crippen LogP contribution is 2.24. The van der Waals surface area contributed by atoms with Crippen molar-refractivity contribution in [3.63, 3.8) is 0 Å². The van der Waals surface area contributed by atoms with Gasteiger partial charge in [0.15, 0.2) is 0 Å². The number of nitrogens with zero attached hydrogens (tertiary/aromatic N) is 1. The summed E-state index contributed by atoms with van der Waals surface area (Å²) in [5.41, 5.74) is 1.18. The molecule has 0 radical (unpaired) electrons. The summed E-state index contributed by atoms with van der Waals surface area (Å²) in [5, 5.41) is 6.24. The molecule has 0 unspecified atom stereocenters. The van der Waals surface area contributed by atoms with Crippen molar-refractivity contribution in [2.45, 2.75) is 13.5 Å². The minimum atomic E-state index is -0.0268. The Hall–Kier alpha value is -1.55. The van der Waals surface area contributed by atoms with E-state index in [-0.39, 0.29) is 6.03 Å². The maximum absolute atomic E-state index is 11.6. The van der Waals surface area contributed by atoms with Gasteiger partial charge in [-0.05, 0) is 29.3 Å². The second-order valence-corrected chi connectivity index (χ2v) is 4.85. The minimum Gasteiger partial charge on any atom is -0.334 e. The Bertz CT molecular complexity index is 521. The van der Waals surface area contributed by atoms with Crippen LogP contribution in [0.2, 0.25) is 0 Å². The van der Waals surface area contributed by atoms with Crippen LogP contribution in [0.3, 0.4) is 0 Å². The van der Waals surface area contributed by atoms with Crippen LogP contribution in [0.5, 0.6) is 0 Å². The van der Waals surface area contributed by atoms with Gasteiger partial charge in [-0.15, -0.1) is 11.3 Å². The molecule has 0 saturated carbocycles. The van der Waals surface area contributed by atoms with Gasteiger partial charge in [0.05, 0.1) is 0 Å². The summed E-state index contributed by atoms with van der Waals surface area (Å²) in [4.78, 5) is 13.3. The molecule has 90 valence electrons. The second kappa shape index (κ2) is 5.19. The van der Waals surface area contributed by atoms with E-state index >= 15 is 0 Å². The molecule has 0 fully saturated rings. The van der Waals surface area contributed by atoms with E-state index in [1.165, 1.54) is 15.6 Å². The summed E-state index contributed by atoms with van der Waals surface area (Å²) in [7, 11) is 1.79. The first-order chi connectivity index (χ1) is 8.22. The Morgan fingerprint density at radius 2 is 2.24 bits per heavy atom. The summed E-state index contributed by atoms with van der Waals surface area (Å²) in [5.74, 6) is 0. The van der Waals surface area contributed by atoms with Crippen LogP contribution >= 0.6 is 11.3 Å². The highest BCUT2D eigenvalue weighted by molar-refractivity contribution is 7.17. The maximum Gasteiger partial charge on any atom is 0.317 e. The standard InChI is InChI=1S/C13H16N2OS/c1-3-15(2)13(16)14-9-11-6-4-5-10-7-8-17-12(10)11/h4-8H,3,9H2,1-2H3,(H,14,16). The predicted molar refractivity (Wildman–Crippen MR) is 72.4 cm³/mol. The smallest absolute Gasteiger partial charge is 0.317 e. The van der Waals surface area contributed by atoms with Crippen molar-refractivity contribution in [2.24, 2.45) is 0 Å². The van der Waals surface area contributed by atoms with Gasteiger partial charge in [-0.3, -0.25) is 0 Å². The van der Waals surface area contributed by atoms with Gasteiger partial charge < -0.3 is 10.2 Å². The lowest BCUT2D eigenvalue weighted by Crippen LogP contribution is -2.36. The van der Waals surface area contributed by atoms with Crippen LogP contribution in [-0.2, 0) is 6.54 Å². The summed E-state index contributed by atoms with van der Waals surface area (Å²) in [6, 6.07) is 8.25. The molecule has 0 aliphatic heterocycles. The lowest BCUT2D eigenvalue weighted by molar-refractivity contribution is 0.210. The normalized spacial score (nSPS) is 10.5. The zero-order valence-electron chi connectivity index (χ0n) is 10.1. The van der Waals surface area contributed by atoms with Gasteiger partial charge in [0.1, 0.15) is 0 Å². The van der Waals surface area contributed by atoms with Crippen LogP contribution in [0, 0.1) is 0 Å². The molecule has 2 aromatic rings. The lowest BCUT2D eigenvalue weighted by atomic mass is 10.2. The van der Waals surface area contributed by atoms with E-state index in [2.05, 4.69) is 28.9 Å². The molecular weight excluding hydrogens is 232 g/mol. The third-order valence-corrected chi connectivity index (χ3v) is 3.82. The van der Waals surface area contributed by atoms with Crippen LogP contribution in [0.15, 0.2) is 29.6 Å². The van der Waals surface area contributed by atoms with Gasteiger partial charge in [0.25, 0.3) is 0 Å². The van der Waals surface area contributed by atoms with E-state index in [0.717, 1.165) is 6.54 Å². The highest BCUT2D eigenvalue weighted by Gasteiger charge is 2.07. The summed E-state index contributed by atoms with van der Waals surface area (Å²) >= 11 is 1.71. The van der Waals surface area contributed by atoms with E-state index in [4.69, 9.17) is 0 Å². The fourth-order valence-electron chi connectivity index (χ4n) is 1.64. The number of benzene rings is 1. The Morgan fingerprint density at radius 3 is 3.00 bits per heavy atom. The van der Waals surface area contributed by atoms with E-state index < -0.39 is 0 Å². The van der Waals surface area contributed by atoms with Crippen molar-refractivity contribution in [1.82, 2.24) is 10.2 Å². The van der Waals surface area contributed by atoms with Crippen molar-refractivity contribution < 1.29 is 4.79 Å². The molecule has 2 rings (SSSR count). The second-order valence-electron chi connectivity index (χ2n) is 3.93. The minimum absolute atomic E-state index is 0.0268. The zero-order chi connectivity index (χ0) is 12.3. The fourth-order valence-corrected chi connectivity index (χ4v) is 2.56. The van der Waals surface area contributed by atoms with Crippen molar-refractivity contribution in [3.8, 4) is 0 Å². The van der Waals surface area contributed by atoms with Crippen molar-refractivity contribution in [2.75, 3.05) is 13.6 Å². The number of hydrogen-bond acceptors (Lipinski definition) is 2. The number of rotatable bonds is 3. The molecule has 0 aliphatic rings. The first-order valence-corrected chi connectivity index (χ1v) is 6.54. The molecule has 0 spiro atoms. The third-order valence-electron chi connectivity index (χ3n) is 2.81. The number of fused-ring (bicyclic) bond motifs is 1. The van der Waals surface area contributed by atoms with Gasteiger partial charge >= 0.3 is 6.03 Å². The van der Waals surface area contributed by atoms with Gasteiger partial charge in [0, 0.05) is 24.8 Å². The van der Waals surface area contributed by atoms with Crippen LogP contribution < -0.4 is 5.32 Å². The van der Waals surface area contributed by atoms with Crippen molar-refractivity contribution in [3.05, 3.63) is 35.2 Å². The number of nitrogens with one attached hydrogen (secondary N) is 1. The molecule has 0 aliphatic carbocycles. The summed E-state index contributed by atoms with van der Waals surface area (Å²) in [6.45, 7) is 3.26. The Balaban J connectivity index is 2.09. The molecule has 2 amide bonds. The molecule has 1 aromatic carbocycles. The summed E-state index contributed by atoms with van der Waals surface area (Å²) < 4.78 is 1.26. The maximum atomic E-state index is 11.6. The molecule has 0 bridgehead atoms. The number of urea groups is 1. The van der Waals surface area contributed by atoms with Crippen LogP contribution in [0.25, 0.3) is 10.1 Å². The lowest BCUT2D eigenvalue weighted by Gasteiger charge is -2.15. The van der Waals surface area contributed by atoms with Crippen LogP contribution in [-0.4, -0.2) is 24.5 Å². The zero-order valence-corrected chi connectivity index (χ0v) is 10.9. The average molecular weight is 248 g/mol. The van der Waals surface area contributed by atoms with Crippen molar-refractivity contribution >= 4 is 27.5 Å². The molecular formula is C13H16N2OS.